The molecule has 0 unspecified atom stereocenters. The number of likely N-dealkylation sites (tertiary alicyclic amines) is 1. The lowest BCUT2D eigenvalue weighted by molar-refractivity contribution is -0.157. The molecule has 0 aliphatic carbocycles. The number of hydrogen-bond acceptors (Lipinski definition) is 3. The SMILES string of the molecule is Cc1cccc(CN2CCC[C@](O)(CNCC(C)C)C2=O)c1. The first-order valence-corrected chi connectivity index (χ1v) is 8.19. The van der Waals surface area contributed by atoms with Crippen LogP contribution in [0.3, 0.4) is 0 Å². The Morgan fingerprint density at radius 1 is 1.41 bits per heavy atom. The van der Waals surface area contributed by atoms with Gasteiger partial charge < -0.3 is 15.3 Å². The second-order valence-electron chi connectivity index (χ2n) is 6.88. The summed E-state index contributed by atoms with van der Waals surface area (Å²) in [5, 5.41) is 13.9. The van der Waals surface area contributed by atoms with E-state index in [4.69, 9.17) is 0 Å². The predicted molar refractivity (Wildman–Crippen MR) is 88.5 cm³/mol. The van der Waals surface area contributed by atoms with Crippen molar-refractivity contribution in [1.82, 2.24) is 10.2 Å². The van der Waals surface area contributed by atoms with E-state index in [0.717, 1.165) is 25.1 Å². The molecule has 1 atom stereocenters. The van der Waals surface area contributed by atoms with Gasteiger partial charge in [0.1, 0.15) is 0 Å². The van der Waals surface area contributed by atoms with Crippen molar-refractivity contribution >= 4 is 5.91 Å². The molecule has 2 N–H and O–H groups in total. The molecule has 0 saturated carbocycles. The van der Waals surface area contributed by atoms with Gasteiger partial charge in [0.15, 0.2) is 5.60 Å². The number of carbonyl (C=O) groups excluding carboxylic acids is 1. The quantitative estimate of drug-likeness (QED) is 0.846. The van der Waals surface area contributed by atoms with Crippen molar-refractivity contribution in [2.24, 2.45) is 5.92 Å². The number of piperidine rings is 1. The zero-order valence-corrected chi connectivity index (χ0v) is 13.9. The Morgan fingerprint density at radius 3 is 2.86 bits per heavy atom. The molecule has 122 valence electrons. The van der Waals surface area contributed by atoms with Crippen LogP contribution in [0.1, 0.15) is 37.8 Å². The van der Waals surface area contributed by atoms with Crippen LogP contribution in [0.15, 0.2) is 24.3 Å². The maximum atomic E-state index is 12.6. The van der Waals surface area contributed by atoms with Crippen LogP contribution in [-0.4, -0.2) is 41.1 Å². The number of aliphatic hydroxyl groups is 1. The lowest BCUT2D eigenvalue weighted by Crippen LogP contribution is -2.57. The van der Waals surface area contributed by atoms with Gasteiger partial charge in [0.2, 0.25) is 0 Å². The molecule has 0 bridgehead atoms. The van der Waals surface area contributed by atoms with Crippen molar-refractivity contribution in [2.45, 2.75) is 45.8 Å². The fraction of sp³-hybridized carbons (Fsp3) is 0.611. The molecule has 0 spiro atoms. The van der Waals surface area contributed by atoms with Crippen LogP contribution >= 0.6 is 0 Å². The van der Waals surface area contributed by atoms with Crippen molar-refractivity contribution in [2.75, 3.05) is 19.6 Å². The molecule has 1 aliphatic heterocycles. The number of carbonyl (C=O) groups is 1. The van der Waals surface area contributed by atoms with Crippen LogP contribution in [0, 0.1) is 12.8 Å². The average molecular weight is 304 g/mol. The molecule has 4 nitrogen and oxygen atoms in total. The minimum atomic E-state index is -1.25. The van der Waals surface area contributed by atoms with Crippen molar-refractivity contribution < 1.29 is 9.90 Å². The summed E-state index contributed by atoms with van der Waals surface area (Å²) in [6, 6.07) is 8.19. The summed E-state index contributed by atoms with van der Waals surface area (Å²) in [7, 11) is 0. The largest absolute Gasteiger partial charge is 0.379 e. The number of rotatable bonds is 6. The number of hydrogen-bond donors (Lipinski definition) is 2. The van der Waals surface area contributed by atoms with E-state index in [9.17, 15) is 9.90 Å². The number of aryl methyl sites for hydroxylation is 1. The summed E-state index contributed by atoms with van der Waals surface area (Å²) in [5.41, 5.74) is 1.06. The van der Waals surface area contributed by atoms with Crippen LogP contribution in [0.2, 0.25) is 0 Å². The van der Waals surface area contributed by atoms with E-state index in [1.54, 1.807) is 4.90 Å². The topological polar surface area (TPSA) is 52.6 Å². The average Bonchev–Trinajstić information content (AvgIpc) is 2.44. The van der Waals surface area contributed by atoms with E-state index in [-0.39, 0.29) is 5.91 Å². The zero-order chi connectivity index (χ0) is 16.2. The molecule has 1 fully saturated rings. The fourth-order valence-corrected chi connectivity index (χ4v) is 2.98. The molecule has 1 saturated heterocycles. The van der Waals surface area contributed by atoms with E-state index >= 15 is 0 Å². The maximum absolute atomic E-state index is 12.6. The van der Waals surface area contributed by atoms with Crippen LogP contribution in [0.25, 0.3) is 0 Å². The highest BCUT2D eigenvalue weighted by Gasteiger charge is 2.41. The summed E-state index contributed by atoms with van der Waals surface area (Å²) in [4.78, 5) is 14.4. The molecule has 0 radical (unpaired) electrons. The van der Waals surface area contributed by atoms with Crippen molar-refractivity contribution in [3.8, 4) is 0 Å². The molecule has 1 aromatic rings. The summed E-state index contributed by atoms with van der Waals surface area (Å²) in [6.45, 7) is 8.73. The fourth-order valence-electron chi connectivity index (χ4n) is 2.98. The van der Waals surface area contributed by atoms with Crippen LogP contribution < -0.4 is 5.32 Å². The van der Waals surface area contributed by atoms with Gasteiger partial charge in [-0.15, -0.1) is 0 Å². The lowest BCUT2D eigenvalue weighted by Gasteiger charge is -2.38. The number of nitrogens with zero attached hydrogens (tertiary/aromatic N) is 1. The second-order valence-corrected chi connectivity index (χ2v) is 6.88. The number of amides is 1. The Balaban J connectivity index is 1.99. The van der Waals surface area contributed by atoms with E-state index < -0.39 is 5.60 Å². The van der Waals surface area contributed by atoms with Gasteiger partial charge in [-0.2, -0.15) is 0 Å². The molecule has 4 heteroatoms. The second kappa shape index (κ2) is 7.25. The summed E-state index contributed by atoms with van der Waals surface area (Å²) >= 11 is 0. The molecular formula is C18H28N2O2. The first-order chi connectivity index (χ1) is 10.4. The van der Waals surface area contributed by atoms with Gasteiger partial charge in [-0.3, -0.25) is 4.79 Å². The molecule has 1 amide bonds. The van der Waals surface area contributed by atoms with Gasteiger partial charge in [-0.1, -0.05) is 43.7 Å². The maximum Gasteiger partial charge on any atom is 0.256 e. The zero-order valence-electron chi connectivity index (χ0n) is 13.9. The van der Waals surface area contributed by atoms with Gasteiger partial charge in [0.25, 0.3) is 5.91 Å². The van der Waals surface area contributed by atoms with Gasteiger partial charge >= 0.3 is 0 Å². The van der Waals surface area contributed by atoms with Gasteiger partial charge in [0, 0.05) is 19.6 Å². The summed E-state index contributed by atoms with van der Waals surface area (Å²) in [6.07, 6.45) is 1.39. The minimum absolute atomic E-state index is 0.142. The smallest absolute Gasteiger partial charge is 0.256 e. The van der Waals surface area contributed by atoms with E-state index in [1.807, 2.05) is 25.1 Å². The van der Waals surface area contributed by atoms with E-state index in [0.29, 0.717) is 25.4 Å². The normalized spacial score (nSPS) is 22.4. The molecule has 2 rings (SSSR count). The van der Waals surface area contributed by atoms with Gasteiger partial charge in [-0.25, -0.2) is 0 Å². The Bertz CT molecular complexity index is 516. The molecule has 22 heavy (non-hydrogen) atoms. The van der Waals surface area contributed by atoms with Crippen LogP contribution in [-0.2, 0) is 11.3 Å². The minimum Gasteiger partial charge on any atom is -0.379 e. The Morgan fingerprint density at radius 2 is 2.18 bits per heavy atom. The summed E-state index contributed by atoms with van der Waals surface area (Å²) < 4.78 is 0. The van der Waals surface area contributed by atoms with Crippen molar-refractivity contribution in [3.63, 3.8) is 0 Å². The van der Waals surface area contributed by atoms with Crippen molar-refractivity contribution in [3.05, 3.63) is 35.4 Å². The highest BCUT2D eigenvalue weighted by molar-refractivity contribution is 5.86. The lowest BCUT2D eigenvalue weighted by atomic mass is 9.91. The monoisotopic (exact) mass is 304 g/mol. The standard InChI is InChI=1S/C18H28N2O2/c1-14(2)11-19-13-18(22)8-5-9-20(17(18)21)12-16-7-4-6-15(3)10-16/h4,6-7,10,14,19,22H,5,8-9,11-13H2,1-3H3/t18-/m0/s1. The predicted octanol–water partition coefficient (Wildman–Crippen LogP) is 2.09. The van der Waals surface area contributed by atoms with Crippen molar-refractivity contribution in [1.29, 1.82) is 0 Å². The molecule has 1 heterocycles. The third kappa shape index (κ3) is 4.31. The Labute approximate surface area is 133 Å². The third-order valence-electron chi connectivity index (χ3n) is 4.13. The van der Waals surface area contributed by atoms with E-state index in [1.165, 1.54) is 5.56 Å². The number of benzene rings is 1. The third-order valence-corrected chi connectivity index (χ3v) is 4.13. The Hall–Kier alpha value is -1.39. The Kier molecular flexibility index (Phi) is 5.59. The highest BCUT2D eigenvalue weighted by Crippen LogP contribution is 2.24. The first-order valence-electron chi connectivity index (χ1n) is 8.19. The van der Waals surface area contributed by atoms with Crippen LogP contribution in [0.4, 0.5) is 0 Å². The highest BCUT2D eigenvalue weighted by atomic mass is 16.3. The molecule has 1 aliphatic rings. The van der Waals surface area contributed by atoms with Gasteiger partial charge in [-0.05, 0) is 37.8 Å². The first kappa shape index (κ1) is 17.0. The molecular weight excluding hydrogens is 276 g/mol. The number of nitrogens with one attached hydrogen (secondary N) is 1. The molecule has 1 aromatic carbocycles. The van der Waals surface area contributed by atoms with Crippen LogP contribution in [0.5, 0.6) is 0 Å². The van der Waals surface area contributed by atoms with E-state index in [2.05, 4.69) is 25.2 Å². The summed E-state index contributed by atoms with van der Waals surface area (Å²) in [5.74, 6) is 0.363. The molecule has 0 aromatic heterocycles. The van der Waals surface area contributed by atoms with Gasteiger partial charge in [0.05, 0.1) is 0 Å².